The van der Waals surface area contributed by atoms with Crippen LogP contribution in [0.4, 0.5) is 0 Å². The molecule has 8 heteroatoms. The molecular formula is C21H22N4O4. The van der Waals surface area contributed by atoms with Crippen LogP contribution in [0.3, 0.4) is 0 Å². The van der Waals surface area contributed by atoms with Crippen molar-refractivity contribution in [1.29, 1.82) is 0 Å². The standard InChI is InChI=1S/C21H22N4O4/c1-13(26)25-11-15-10-24(12-16(15)19(25)14-6-4-3-5-7-14)20(27)17-8-23-18(9-22-17)21(28)29-2/h3-9,15-16,19H,10-12H2,1-2H3/t15-,16-,19+/m1/s1. The van der Waals surface area contributed by atoms with Gasteiger partial charge in [0.25, 0.3) is 5.91 Å². The molecule has 0 N–H and O–H groups in total. The lowest BCUT2D eigenvalue weighted by Crippen LogP contribution is -2.36. The molecule has 4 rings (SSSR count). The van der Waals surface area contributed by atoms with Gasteiger partial charge in [0.2, 0.25) is 5.91 Å². The zero-order chi connectivity index (χ0) is 20.5. The van der Waals surface area contributed by atoms with E-state index in [4.69, 9.17) is 0 Å². The van der Waals surface area contributed by atoms with E-state index < -0.39 is 5.97 Å². The fraction of sp³-hybridized carbons (Fsp3) is 0.381. The summed E-state index contributed by atoms with van der Waals surface area (Å²) in [5.74, 6) is -0.370. The van der Waals surface area contributed by atoms with Crippen molar-refractivity contribution < 1.29 is 19.1 Å². The van der Waals surface area contributed by atoms with Gasteiger partial charge >= 0.3 is 5.97 Å². The van der Waals surface area contributed by atoms with Crippen molar-refractivity contribution in [2.24, 2.45) is 11.8 Å². The predicted molar refractivity (Wildman–Crippen MR) is 103 cm³/mol. The molecule has 2 fully saturated rings. The van der Waals surface area contributed by atoms with Crippen LogP contribution in [0.15, 0.2) is 42.7 Å². The second-order valence-electron chi connectivity index (χ2n) is 7.44. The number of carbonyl (C=O) groups excluding carboxylic acids is 3. The van der Waals surface area contributed by atoms with Gasteiger partial charge in [0.05, 0.1) is 25.5 Å². The number of rotatable bonds is 3. The molecule has 0 saturated carbocycles. The van der Waals surface area contributed by atoms with E-state index in [2.05, 4.69) is 14.7 Å². The first-order valence-electron chi connectivity index (χ1n) is 9.51. The summed E-state index contributed by atoms with van der Waals surface area (Å²) in [5, 5.41) is 0. The van der Waals surface area contributed by atoms with Gasteiger partial charge in [-0.05, 0) is 5.56 Å². The van der Waals surface area contributed by atoms with Gasteiger partial charge in [-0.1, -0.05) is 30.3 Å². The van der Waals surface area contributed by atoms with E-state index in [1.54, 1.807) is 11.8 Å². The summed E-state index contributed by atoms with van der Waals surface area (Å²) in [6, 6.07) is 9.92. The highest BCUT2D eigenvalue weighted by Crippen LogP contribution is 2.45. The number of hydrogen-bond acceptors (Lipinski definition) is 6. The number of hydrogen-bond donors (Lipinski definition) is 0. The third-order valence-electron chi connectivity index (χ3n) is 5.76. The van der Waals surface area contributed by atoms with Crippen LogP contribution >= 0.6 is 0 Å². The zero-order valence-corrected chi connectivity index (χ0v) is 16.3. The molecule has 0 unspecified atom stereocenters. The number of ether oxygens (including phenoxy) is 1. The maximum Gasteiger partial charge on any atom is 0.358 e. The third kappa shape index (κ3) is 3.46. The summed E-state index contributed by atoms with van der Waals surface area (Å²) in [6.07, 6.45) is 2.56. The summed E-state index contributed by atoms with van der Waals surface area (Å²) in [6.45, 7) is 3.35. The van der Waals surface area contributed by atoms with E-state index in [0.29, 0.717) is 19.6 Å². The Kier molecular flexibility index (Phi) is 5.00. The minimum Gasteiger partial charge on any atom is -0.464 e. The first-order valence-corrected chi connectivity index (χ1v) is 9.51. The lowest BCUT2D eigenvalue weighted by Gasteiger charge is -2.29. The maximum absolute atomic E-state index is 12.9. The molecule has 29 heavy (non-hydrogen) atoms. The second kappa shape index (κ2) is 7.62. The van der Waals surface area contributed by atoms with Gasteiger partial charge in [-0.25, -0.2) is 14.8 Å². The van der Waals surface area contributed by atoms with E-state index in [1.165, 1.54) is 19.5 Å². The van der Waals surface area contributed by atoms with Crippen LogP contribution in [-0.2, 0) is 9.53 Å². The highest BCUT2D eigenvalue weighted by atomic mass is 16.5. The molecule has 150 valence electrons. The number of benzene rings is 1. The highest BCUT2D eigenvalue weighted by Gasteiger charge is 2.49. The van der Waals surface area contributed by atoms with Gasteiger partial charge in [-0.15, -0.1) is 0 Å². The number of esters is 1. The van der Waals surface area contributed by atoms with Crippen molar-refractivity contribution in [2.75, 3.05) is 26.7 Å². The molecule has 2 aliphatic heterocycles. The molecule has 0 aliphatic carbocycles. The number of fused-ring (bicyclic) bond motifs is 1. The minimum atomic E-state index is -0.595. The number of amides is 2. The molecule has 0 spiro atoms. The summed E-state index contributed by atoms with van der Waals surface area (Å²) in [7, 11) is 1.26. The Hall–Kier alpha value is -3.29. The number of carbonyl (C=O) groups is 3. The first-order chi connectivity index (χ1) is 14.0. The fourth-order valence-electron chi connectivity index (χ4n) is 4.42. The van der Waals surface area contributed by atoms with Crippen molar-refractivity contribution >= 4 is 17.8 Å². The number of nitrogens with zero attached hydrogens (tertiary/aromatic N) is 4. The third-order valence-corrected chi connectivity index (χ3v) is 5.76. The van der Waals surface area contributed by atoms with Crippen molar-refractivity contribution in [1.82, 2.24) is 19.8 Å². The Morgan fingerprint density at radius 2 is 1.69 bits per heavy atom. The van der Waals surface area contributed by atoms with E-state index >= 15 is 0 Å². The van der Waals surface area contributed by atoms with Crippen LogP contribution < -0.4 is 0 Å². The Labute approximate surface area is 168 Å². The molecule has 0 bridgehead atoms. The number of likely N-dealkylation sites (tertiary alicyclic amines) is 2. The minimum absolute atomic E-state index is 0.0377. The Morgan fingerprint density at radius 1 is 1.00 bits per heavy atom. The Morgan fingerprint density at radius 3 is 2.31 bits per heavy atom. The molecule has 1 aromatic carbocycles. The van der Waals surface area contributed by atoms with Gasteiger partial charge in [-0.3, -0.25) is 9.59 Å². The highest BCUT2D eigenvalue weighted by molar-refractivity contribution is 5.93. The van der Waals surface area contributed by atoms with Crippen molar-refractivity contribution in [3.05, 3.63) is 59.7 Å². The zero-order valence-electron chi connectivity index (χ0n) is 16.3. The van der Waals surface area contributed by atoms with E-state index in [1.807, 2.05) is 35.2 Å². The van der Waals surface area contributed by atoms with Crippen LogP contribution in [0.2, 0.25) is 0 Å². The normalized spacial score (nSPS) is 23.0. The Balaban J connectivity index is 1.53. The maximum atomic E-state index is 12.9. The van der Waals surface area contributed by atoms with Gasteiger partial charge in [0.15, 0.2) is 5.69 Å². The predicted octanol–water partition coefficient (Wildman–Crippen LogP) is 1.55. The molecule has 2 aliphatic rings. The van der Waals surface area contributed by atoms with Gasteiger partial charge < -0.3 is 14.5 Å². The molecule has 2 saturated heterocycles. The van der Waals surface area contributed by atoms with E-state index in [0.717, 1.165) is 5.56 Å². The number of aromatic nitrogens is 2. The van der Waals surface area contributed by atoms with Crippen molar-refractivity contribution in [2.45, 2.75) is 13.0 Å². The molecule has 0 radical (unpaired) electrons. The lowest BCUT2D eigenvalue weighted by atomic mass is 9.89. The molecule has 2 aromatic rings. The molecule has 1 aromatic heterocycles. The average Bonchev–Trinajstić information content (AvgIpc) is 3.31. The van der Waals surface area contributed by atoms with Crippen LogP contribution in [-0.4, -0.2) is 64.3 Å². The fourth-order valence-corrected chi connectivity index (χ4v) is 4.42. The van der Waals surface area contributed by atoms with Gasteiger partial charge in [0, 0.05) is 38.4 Å². The van der Waals surface area contributed by atoms with Crippen molar-refractivity contribution in [3.63, 3.8) is 0 Å². The van der Waals surface area contributed by atoms with Crippen LogP contribution in [0, 0.1) is 11.8 Å². The first kappa shape index (κ1) is 19.0. The molecule has 2 amide bonds. The van der Waals surface area contributed by atoms with E-state index in [-0.39, 0.29) is 41.1 Å². The molecular weight excluding hydrogens is 372 g/mol. The molecule has 8 nitrogen and oxygen atoms in total. The largest absolute Gasteiger partial charge is 0.464 e. The Bertz CT molecular complexity index is 931. The van der Waals surface area contributed by atoms with Gasteiger partial charge in [0.1, 0.15) is 5.69 Å². The van der Waals surface area contributed by atoms with Crippen LogP contribution in [0.5, 0.6) is 0 Å². The quantitative estimate of drug-likeness (QED) is 0.734. The summed E-state index contributed by atoms with van der Waals surface area (Å²) in [4.78, 5) is 48.3. The van der Waals surface area contributed by atoms with E-state index in [9.17, 15) is 14.4 Å². The average molecular weight is 394 g/mol. The smallest absolute Gasteiger partial charge is 0.358 e. The summed E-state index contributed by atoms with van der Waals surface area (Å²) in [5.41, 5.74) is 1.34. The van der Waals surface area contributed by atoms with Crippen molar-refractivity contribution in [3.8, 4) is 0 Å². The summed E-state index contributed by atoms with van der Waals surface area (Å²) >= 11 is 0. The topological polar surface area (TPSA) is 92.7 Å². The molecule has 3 atom stereocenters. The van der Waals surface area contributed by atoms with Crippen LogP contribution in [0.25, 0.3) is 0 Å². The lowest BCUT2D eigenvalue weighted by molar-refractivity contribution is -0.130. The van der Waals surface area contributed by atoms with Gasteiger partial charge in [-0.2, -0.15) is 0 Å². The number of methoxy groups -OCH3 is 1. The summed E-state index contributed by atoms with van der Waals surface area (Å²) < 4.78 is 4.60. The monoisotopic (exact) mass is 394 g/mol. The SMILES string of the molecule is COC(=O)c1cnc(C(=O)N2C[C@@H]3CN(C(C)=O)[C@@H](c4ccccc4)[C@@H]3C2)cn1. The second-order valence-corrected chi connectivity index (χ2v) is 7.44. The van der Waals surface area contributed by atoms with Crippen LogP contribution in [0.1, 0.15) is 39.5 Å². The molecule has 3 heterocycles.